The molecule has 18 heavy (non-hydrogen) atoms. The quantitative estimate of drug-likeness (QED) is 0.878. The maximum atomic E-state index is 12.1. The number of rotatable bonds is 5. The van der Waals surface area contributed by atoms with E-state index < -0.39 is 16.0 Å². The van der Waals surface area contributed by atoms with E-state index in [9.17, 15) is 13.2 Å². The first-order valence-electron chi connectivity index (χ1n) is 5.50. The Kier molecular flexibility index (Phi) is 4.48. The summed E-state index contributed by atoms with van der Waals surface area (Å²) in [5.74, 6) is -1.02. The molecular formula is C12H17NO4S. The summed E-state index contributed by atoms with van der Waals surface area (Å²) in [5, 5.41) is 8.56. The van der Waals surface area contributed by atoms with Crippen molar-refractivity contribution >= 4 is 16.0 Å². The fourth-order valence-electron chi connectivity index (χ4n) is 1.43. The van der Waals surface area contributed by atoms with E-state index in [-0.39, 0.29) is 17.9 Å². The van der Waals surface area contributed by atoms with E-state index in [2.05, 4.69) is 0 Å². The van der Waals surface area contributed by atoms with Crippen molar-refractivity contribution < 1.29 is 18.3 Å². The Morgan fingerprint density at radius 1 is 1.28 bits per heavy atom. The molecule has 100 valence electrons. The van der Waals surface area contributed by atoms with Gasteiger partial charge >= 0.3 is 5.97 Å². The topological polar surface area (TPSA) is 74.7 Å². The number of carboxylic acids is 1. The number of aliphatic carboxylic acids is 1. The van der Waals surface area contributed by atoms with Gasteiger partial charge in [-0.3, -0.25) is 4.79 Å². The van der Waals surface area contributed by atoms with Crippen molar-refractivity contribution in [1.29, 1.82) is 0 Å². The summed E-state index contributed by atoms with van der Waals surface area (Å²) in [5.41, 5.74) is 1.91. The van der Waals surface area contributed by atoms with Crippen LogP contribution in [0, 0.1) is 13.8 Å². The Hall–Kier alpha value is -1.40. The molecule has 0 spiro atoms. The molecule has 6 heteroatoms. The number of hydrogen-bond donors (Lipinski definition) is 1. The second-order valence-corrected chi connectivity index (χ2v) is 6.26. The zero-order valence-corrected chi connectivity index (χ0v) is 11.5. The van der Waals surface area contributed by atoms with Gasteiger partial charge in [0.2, 0.25) is 10.0 Å². The molecule has 1 aromatic carbocycles. The Bertz CT molecular complexity index is 551. The summed E-state index contributed by atoms with van der Waals surface area (Å²) in [6, 6.07) is 4.88. The maximum Gasteiger partial charge on any atom is 0.304 e. The van der Waals surface area contributed by atoms with E-state index in [0.29, 0.717) is 0 Å². The standard InChI is InChI=1S/C12H17NO4S/c1-9-4-5-11(8-10(9)2)18(16,17)13(3)7-6-12(14)15/h4-5,8H,6-7H2,1-3H3,(H,14,15). The Morgan fingerprint density at radius 2 is 1.89 bits per heavy atom. The van der Waals surface area contributed by atoms with E-state index in [4.69, 9.17) is 5.11 Å². The lowest BCUT2D eigenvalue weighted by atomic mass is 10.1. The number of benzene rings is 1. The van der Waals surface area contributed by atoms with Crippen LogP contribution in [0.1, 0.15) is 17.5 Å². The molecule has 0 unspecified atom stereocenters. The number of nitrogens with zero attached hydrogens (tertiary/aromatic N) is 1. The lowest BCUT2D eigenvalue weighted by molar-refractivity contribution is -0.137. The van der Waals surface area contributed by atoms with E-state index in [0.717, 1.165) is 15.4 Å². The van der Waals surface area contributed by atoms with Gasteiger partial charge < -0.3 is 5.11 Å². The highest BCUT2D eigenvalue weighted by Crippen LogP contribution is 2.18. The van der Waals surface area contributed by atoms with Gasteiger partial charge in [-0.2, -0.15) is 0 Å². The summed E-state index contributed by atoms with van der Waals surface area (Å²) in [7, 11) is -2.22. The Morgan fingerprint density at radius 3 is 2.39 bits per heavy atom. The third kappa shape index (κ3) is 3.30. The molecule has 1 aromatic rings. The van der Waals surface area contributed by atoms with Crippen LogP contribution < -0.4 is 0 Å². The normalized spacial score (nSPS) is 11.8. The molecule has 0 atom stereocenters. The molecule has 0 saturated carbocycles. The monoisotopic (exact) mass is 271 g/mol. The largest absolute Gasteiger partial charge is 0.481 e. The smallest absolute Gasteiger partial charge is 0.304 e. The second-order valence-electron chi connectivity index (χ2n) is 4.22. The van der Waals surface area contributed by atoms with Gasteiger partial charge in [0.15, 0.2) is 0 Å². The minimum atomic E-state index is -3.60. The minimum absolute atomic E-state index is 0.0371. The average molecular weight is 271 g/mol. The van der Waals surface area contributed by atoms with Crippen molar-refractivity contribution in [2.45, 2.75) is 25.2 Å². The number of aryl methyl sites for hydroxylation is 2. The first-order chi connectivity index (χ1) is 8.25. The van der Waals surface area contributed by atoms with Gasteiger partial charge in [0, 0.05) is 13.6 Å². The van der Waals surface area contributed by atoms with Gasteiger partial charge in [0.25, 0.3) is 0 Å². The van der Waals surface area contributed by atoms with E-state index in [1.54, 1.807) is 12.1 Å². The van der Waals surface area contributed by atoms with Gasteiger partial charge in [0.1, 0.15) is 0 Å². The van der Waals surface area contributed by atoms with Crippen LogP contribution >= 0.6 is 0 Å². The molecule has 0 aromatic heterocycles. The van der Waals surface area contributed by atoms with Crippen molar-refractivity contribution in [2.75, 3.05) is 13.6 Å². The third-order valence-electron chi connectivity index (χ3n) is 2.83. The maximum absolute atomic E-state index is 12.1. The minimum Gasteiger partial charge on any atom is -0.481 e. The Labute approximate surface area is 107 Å². The van der Waals surface area contributed by atoms with Gasteiger partial charge in [-0.15, -0.1) is 0 Å². The molecule has 0 amide bonds. The molecular weight excluding hydrogens is 254 g/mol. The fraction of sp³-hybridized carbons (Fsp3) is 0.417. The van der Waals surface area contributed by atoms with Crippen LogP contribution in [0.3, 0.4) is 0 Å². The van der Waals surface area contributed by atoms with Crippen molar-refractivity contribution in [2.24, 2.45) is 0 Å². The van der Waals surface area contributed by atoms with Gasteiger partial charge in [0.05, 0.1) is 11.3 Å². The Balaban J connectivity index is 2.98. The summed E-state index contributed by atoms with van der Waals surface area (Å²) < 4.78 is 25.3. The zero-order chi connectivity index (χ0) is 13.9. The second kappa shape index (κ2) is 5.49. The first kappa shape index (κ1) is 14.7. The van der Waals surface area contributed by atoms with Crippen LogP contribution in [-0.2, 0) is 14.8 Å². The van der Waals surface area contributed by atoms with Crippen LogP contribution in [0.4, 0.5) is 0 Å². The molecule has 0 fully saturated rings. The average Bonchev–Trinajstić information content (AvgIpc) is 2.29. The summed E-state index contributed by atoms with van der Waals surface area (Å²) >= 11 is 0. The van der Waals surface area contributed by atoms with Crippen LogP contribution in [0.5, 0.6) is 0 Å². The molecule has 0 saturated heterocycles. The van der Waals surface area contributed by atoms with E-state index in [1.807, 2.05) is 13.8 Å². The highest BCUT2D eigenvalue weighted by atomic mass is 32.2. The highest BCUT2D eigenvalue weighted by Gasteiger charge is 2.21. The predicted molar refractivity (Wildman–Crippen MR) is 68.0 cm³/mol. The lowest BCUT2D eigenvalue weighted by Gasteiger charge is -2.16. The van der Waals surface area contributed by atoms with E-state index >= 15 is 0 Å². The molecule has 0 heterocycles. The third-order valence-corrected chi connectivity index (χ3v) is 4.68. The molecule has 1 rings (SSSR count). The van der Waals surface area contributed by atoms with Crippen molar-refractivity contribution in [3.63, 3.8) is 0 Å². The molecule has 0 bridgehead atoms. The fourth-order valence-corrected chi connectivity index (χ4v) is 2.68. The number of carbonyl (C=O) groups is 1. The number of carboxylic acid groups (broad SMARTS) is 1. The number of hydrogen-bond acceptors (Lipinski definition) is 3. The van der Waals surface area contributed by atoms with E-state index in [1.165, 1.54) is 13.1 Å². The molecule has 1 N–H and O–H groups in total. The molecule has 0 aliphatic carbocycles. The van der Waals surface area contributed by atoms with Crippen LogP contribution in [0.25, 0.3) is 0 Å². The van der Waals surface area contributed by atoms with Gasteiger partial charge in [-0.25, -0.2) is 12.7 Å². The molecule has 0 aliphatic heterocycles. The van der Waals surface area contributed by atoms with Crippen molar-refractivity contribution in [3.8, 4) is 0 Å². The first-order valence-corrected chi connectivity index (χ1v) is 6.94. The summed E-state index contributed by atoms with van der Waals surface area (Å²) in [6.07, 6.45) is -0.208. The lowest BCUT2D eigenvalue weighted by Crippen LogP contribution is -2.29. The summed E-state index contributed by atoms with van der Waals surface area (Å²) in [6.45, 7) is 3.70. The van der Waals surface area contributed by atoms with Crippen LogP contribution in [-0.4, -0.2) is 37.4 Å². The predicted octanol–water partition coefficient (Wildman–Crippen LogP) is 1.40. The summed E-state index contributed by atoms with van der Waals surface area (Å²) in [4.78, 5) is 10.6. The molecule has 5 nitrogen and oxygen atoms in total. The molecule has 0 aliphatic rings. The highest BCUT2D eigenvalue weighted by molar-refractivity contribution is 7.89. The van der Waals surface area contributed by atoms with Crippen LogP contribution in [0.15, 0.2) is 23.1 Å². The zero-order valence-electron chi connectivity index (χ0n) is 10.7. The van der Waals surface area contributed by atoms with Gasteiger partial charge in [-0.05, 0) is 37.1 Å². The van der Waals surface area contributed by atoms with Gasteiger partial charge in [-0.1, -0.05) is 6.07 Å². The number of sulfonamides is 1. The van der Waals surface area contributed by atoms with Crippen molar-refractivity contribution in [3.05, 3.63) is 29.3 Å². The molecule has 0 radical (unpaired) electrons. The van der Waals surface area contributed by atoms with Crippen LogP contribution in [0.2, 0.25) is 0 Å². The van der Waals surface area contributed by atoms with Crippen molar-refractivity contribution in [1.82, 2.24) is 4.31 Å². The SMILES string of the molecule is Cc1ccc(S(=O)(=O)N(C)CCC(=O)O)cc1C.